The maximum absolute atomic E-state index is 12.6. The number of aryl methyl sites for hydroxylation is 2. The summed E-state index contributed by atoms with van der Waals surface area (Å²) in [6.45, 7) is 0. The average Bonchev–Trinajstić information content (AvgIpc) is 2.68. The zero-order chi connectivity index (χ0) is 17.5. The van der Waals surface area contributed by atoms with E-state index in [9.17, 15) is 4.79 Å². The molecule has 0 aliphatic rings. The van der Waals surface area contributed by atoms with E-state index >= 15 is 0 Å². The Hall–Kier alpha value is -3.38. The predicted octanol–water partition coefficient (Wildman–Crippen LogP) is 4.60. The van der Waals surface area contributed by atoms with Crippen molar-refractivity contribution in [3.05, 3.63) is 101 Å². The highest BCUT2D eigenvalue weighted by Crippen LogP contribution is 2.16. The number of hydrogen-bond acceptors (Lipinski definition) is 2. The third-order valence-corrected chi connectivity index (χ3v) is 4.06. The zero-order valence-electron chi connectivity index (χ0n) is 13.8. The van der Waals surface area contributed by atoms with Crippen LogP contribution in [0, 0.1) is 11.3 Å². The Morgan fingerprint density at radius 2 is 1.52 bits per heavy atom. The standard InChI is InChI=1S/C22H18N2O/c23-16-18-11-14-20(15-12-18)24-22(25)21-9-5-4-8-19(21)13-10-17-6-2-1-3-7-17/h1-9,11-12,14-15H,10,13H2,(H,24,25). The number of nitriles is 1. The summed E-state index contributed by atoms with van der Waals surface area (Å²) in [5, 5.41) is 11.7. The minimum absolute atomic E-state index is 0.131. The summed E-state index contributed by atoms with van der Waals surface area (Å²) in [6.07, 6.45) is 1.70. The maximum Gasteiger partial charge on any atom is 0.255 e. The normalized spacial score (nSPS) is 10.0. The van der Waals surface area contributed by atoms with Gasteiger partial charge in [0.15, 0.2) is 0 Å². The van der Waals surface area contributed by atoms with Crippen molar-refractivity contribution < 1.29 is 4.79 Å². The van der Waals surface area contributed by atoms with Crippen LogP contribution in [0.1, 0.15) is 27.0 Å². The molecule has 3 aromatic carbocycles. The van der Waals surface area contributed by atoms with Gasteiger partial charge >= 0.3 is 0 Å². The van der Waals surface area contributed by atoms with E-state index < -0.39 is 0 Å². The number of nitrogens with zero attached hydrogens (tertiary/aromatic N) is 1. The van der Waals surface area contributed by atoms with E-state index in [1.807, 2.05) is 42.5 Å². The van der Waals surface area contributed by atoms with Gasteiger partial charge in [0.1, 0.15) is 0 Å². The van der Waals surface area contributed by atoms with Gasteiger partial charge in [-0.25, -0.2) is 0 Å². The number of benzene rings is 3. The van der Waals surface area contributed by atoms with E-state index in [0.29, 0.717) is 16.8 Å². The molecule has 0 aliphatic carbocycles. The first-order valence-corrected chi connectivity index (χ1v) is 8.19. The van der Waals surface area contributed by atoms with Gasteiger partial charge in [-0.05, 0) is 54.3 Å². The van der Waals surface area contributed by atoms with Crippen LogP contribution < -0.4 is 5.32 Å². The van der Waals surface area contributed by atoms with E-state index in [4.69, 9.17) is 5.26 Å². The Bertz CT molecular complexity index is 893. The van der Waals surface area contributed by atoms with Gasteiger partial charge < -0.3 is 5.32 Å². The summed E-state index contributed by atoms with van der Waals surface area (Å²) in [4.78, 5) is 12.6. The fraction of sp³-hybridized carbons (Fsp3) is 0.0909. The number of carbonyl (C=O) groups is 1. The number of hydrogen-bond donors (Lipinski definition) is 1. The van der Waals surface area contributed by atoms with E-state index in [1.54, 1.807) is 24.3 Å². The maximum atomic E-state index is 12.6. The van der Waals surface area contributed by atoms with Crippen LogP contribution in [-0.4, -0.2) is 5.91 Å². The Morgan fingerprint density at radius 3 is 2.24 bits per heavy atom. The minimum atomic E-state index is -0.131. The molecule has 3 aromatic rings. The summed E-state index contributed by atoms with van der Waals surface area (Å²) >= 11 is 0. The van der Waals surface area contributed by atoms with Crippen LogP contribution >= 0.6 is 0 Å². The predicted molar refractivity (Wildman–Crippen MR) is 99.4 cm³/mol. The Balaban J connectivity index is 1.72. The van der Waals surface area contributed by atoms with Gasteiger partial charge in [0.05, 0.1) is 11.6 Å². The Kier molecular flexibility index (Phi) is 5.23. The monoisotopic (exact) mass is 326 g/mol. The van der Waals surface area contributed by atoms with E-state index in [2.05, 4.69) is 23.5 Å². The van der Waals surface area contributed by atoms with Gasteiger partial charge in [-0.15, -0.1) is 0 Å². The molecule has 0 saturated heterocycles. The Labute approximate surface area is 147 Å². The summed E-state index contributed by atoms with van der Waals surface area (Å²) in [6, 6.07) is 26.9. The highest BCUT2D eigenvalue weighted by molar-refractivity contribution is 6.05. The van der Waals surface area contributed by atoms with Crippen molar-refractivity contribution in [2.45, 2.75) is 12.8 Å². The molecule has 0 saturated carbocycles. The van der Waals surface area contributed by atoms with E-state index in [0.717, 1.165) is 18.4 Å². The molecular formula is C22H18N2O. The topological polar surface area (TPSA) is 52.9 Å². The van der Waals surface area contributed by atoms with Gasteiger partial charge in [-0.2, -0.15) is 5.26 Å². The number of anilines is 1. The third-order valence-electron chi connectivity index (χ3n) is 4.06. The van der Waals surface area contributed by atoms with Crippen LogP contribution in [0.5, 0.6) is 0 Å². The van der Waals surface area contributed by atoms with Gasteiger partial charge in [0.25, 0.3) is 5.91 Å². The third kappa shape index (κ3) is 4.33. The fourth-order valence-electron chi connectivity index (χ4n) is 2.71. The van der Waals surface area contributed by atoms with Gasteiger partial charge in [0.2, 0.25) is 0 Å². The van der Waals surface area contributed by atoms with Crippen LogP contribution in [0.2, 0.25) is 0 Å². The van der Waals surface area contributed by atoms with Crippen molar-refractivity contribution in [3.63, 3.8) is 0 Å². The molecule has 0 heterocycles. The highest BCUT2D eigenvalue weighted by Gasteiger charge is 2.11. The van der Waals surface area contributed by atoms with Crippen molar-refractivity contribution in [2.24, 2.45) is 0 Å². The number of rotatable bonds is 5. The second-order valence-corrected chi connectivity index (χ2v) is 5.79. The van der Waals surface area contributed by atoms with Crippen molar-refractivity contribution in [2.75, 3.05) is 5.32 Å². The van der Waals surface area contributed by atoms with E-state index in [-0.39, 0.29) is 5.91 Å². The molecule has 0 spiro atoms. The minimum Gasteiger partial charge on any atom is -0.322 e. The molecule has 0 radical (unpaired) electrons. The number of nitrogens with one attached hydrogen (secondary N) is 1. The van der Waals surface area contributed by atoms with Gasteiger partial charge in [0, 0.05) is 11.3 Å². The van der Waals surface area contributed by atoms with Crippen LogP contribution in [0.15, 0.2) is 78.9 Å². The zero-order valence-corrected chi connectivity index (χ0v) is 13.8. The first-order valence-electron chi connectivity index (χ1n) is 8.19. The van der Waals surface area contributed by atoms with Gasteiger partial charge in [-0.1, -0.05) is 48.5 Å². The molecule has 3 heteroatoms. The first kappa shape index (κ1) is 16.5. The molecule has 25 heavy (non-hydrogen) atoms. The fourth-order valence-corrected chi connectivity index (χ4v) is 2.71. The van der Waals surface area contributed by atoms with Crippen molar-refractivity contribution in [1.82, 2.24) is 0 Å². The lowest BCUT2D eigenvalue weighted by molar-refractivity contribution is 0.102. The molecule has 0 atom stereocenters. The van der Waals surface area contributed by atoms with Crippen LogP contribution in [0.4, 0.5) is 5.69 Å². The molecular weight excluding hydrogens is 308 g/mol. The number of amides is 1. The quantitative estimate of drug-likeness (QED) is 0.745. The molecule has 0 aliphatic heterocycles. The SMILES string of the molecule is N#Cc1ccc(NC(=O)c2ccccc2CCc2ccccc2)cc1. The van der Waals surface area contributed by atoms with Gasteiger partial charge in [-0.3, -0.25) is 4.79 Å². The van der Waals surface area contributed by atoms with Crippen molar-refractivity contribution >= 4 is 11.6 Å². The smallest absolute Gasteiger partial charge is 0.255 e. The molecule has 1 N–H and O–H groups in total. The molecule has 0 fully saturated rings. The summed E-state index contributed by atoms with van der Waals surface area (Å²) in [7, 11) is 0. The lowest BCUT2D eigenvalue weighted by Crippen LogP contribution is -2.14. The van der Waals surface area contributed by atoms with Crippen LogP contribution in [0.25, 0.3) is 0 Å². The first-order chi connectivity index (χ1) is 12.3. The summed E-state index contributed by atoms with van der Waals surface area (Å²) in [5.74, 6) is -0.131. The lowest BCUT2D eigenvalue weighted by atomic mass is 9.99. The summed E-state index contributed by atoms with van der Waals surface area (Å²) in [5.41, 5.74) is 4.22. The highest BCUT2D eigenvalue weighted by atomic mass is 16.1. The lowest BCUT2D eigenvalue weighted by Gasteiger charge is -2.10. The van der Waals surface area contributed by atoms with Crippen LogP contribution in [0.3, 0.4) is 0 Å². The molecule has 0 unspecified atom stereocenters. The van der Waals surface area contributed by atoms with Crippen molar-refractivity contribution in [3.8, 4) is 6.07 Å². The second kappa shape index (κ2) is 7.94. The Morgan fingerprint density at radius 1 is 0.840 bits per heavy atom. The molecule has 122 valence electrons. The number of carbonyl (C=O) groups excluding carboxylic acids is 1. The largest absolute Gasteiger partial charge is 0.322 e. The summed E-state index contributed by atoms with van der Waals surface area (Å²) < 4.78 is 0. The van der Waals surface area contributed by atoms with Crippen molar-refractivity contribution in [1.29, 1.82) is 5.26 Å². The second-order valence-electron chi connectivity index (χ2n) is 5.79. The van der Waals surface area contributed by atoms with E-state index in [1.165, 1.54) is 5.56 Å². The molecule has 3 rings (SSSR count). The van der Waals surface area contributed by atoms with Crippen LogP contribution in [-0.2, 0) is 12.8 Å². The molecule has 0 bridgehead atoms. The molecule has 3 nitrogen and oxygen atoms in total. The molecule has 0 aromatic heterocycles. The average molecular weight is 326 g/mol. The molecule has 1 amide bonds.